The van der Waals surface area contributed by atoms with Crippen molar-refractivity contribution in [2.45, 2.75) is 0 Å². The van der Waals surface area contributed by atoms with Crippen LogP contribution in [0, 0.1) is 0 Å². The molecule has 61 valence electrons. The first kappa shape index (κ1) is 22.5. The van der Waals surface area contributed by atoms with Crippen LogP contribution in [0.1, 0.15) is 0 Å². The molecule has 0 aliphatic carbocycles. The van der Waals surface area contributed by atoms with Gasteiger partial charge >= 0.3 is 40.1 Å². The maximum Gasteiger partial charge on any atom is 2.00 e. The van der Waals surface area contributed by atoms with E-state index in [1.165, 1.54) is 0 Å². The Labute approximate surface area is 82.7 Å². The Morgan fingerprint density at radius 2 is 1.20 bits per heavy atom. The fourth-order valence-electron chi connectivity index (χ4n) is 0. The molecule has 7 nitrogen and oxygen atoms in total. The van der Waals surface area contributed by atoms with Gasteiger partial charge in [-0.25, -0.2) is 10.5 Å². The first-order chi connectivity index (χ1) is 3.41. The van der Waals surface area contributed by atoms with Gasteiger partial charge in [-0.2, -0.15) is 7.82 Å². The van der Waals surface area contributed by atoms with Crippen molar-refractivity contribution in [2.75, 3.05) is 0 Å². The molecular weight excluding hydrogens is 231 g/mol. The fraction of sp³-hybridized carbons (Fsp3) is 0. The van der Waals surface area contributed by atoms with Crippen LogP contribution in [-0.4, -0.2) is 33.6 Å². The van der Waals surface area contributed by atoms with Crippen LogP contribution >= 0.6 is 7.82 Å². The van der Waals surface area contributed by atoms with Crippen LogP contribution < -0.4 is 14.7 Å². The summed E-state index contributed by atoms with van der Waals surface area (Å²) in [7, 11) is -5.39. The topological polar surface area (TPSA) is 136 Å². The summed E-state index contributed by atoms with van der Waals surface area (Å²) in [4.78, 5) is 25.6. The summed E-state index contributed by atoms with van der Waals surface area (Å²) in [6, 6.07) is 0. The third-order valence-electron chi connectivity index (χ3n) is 0. The summed E-state index contributed by atoms with van der Waals surface area (Å²) < 4.78 is 8.55. The van der Waals surface area contributed by atoms with Gasteiger partial charge in [-0.15, -0.1) is 0 Å². The van der Waals surface area contributed by atoms with Crippen molar-refractivity contribution in [3.05, 3.63) is 0 Å². The van der Waals surface area contributed by atoms with E-state index in [1.54, 1.807) is 0 Å². The second-order valence-electron chi connectivity index (χ2n) is 0.529. The molecule has 0 heterocycles. The van der Waals surface area contributed by atoms with E-state index < -0.39 is 7.82 Å². The fourth-order valence-corrected chi connectivity index (χ4v) is 0. The Hall–Kier alpha value is 1.28. The summed E-state index contributed by atoms with van der Waals surface area (Å²) in [6.07, 6.45) is 0. The van der Waals surface area contributed by atoms with Gasteiger partial charge in [0.2, 0.25) is 0 Å². The zero-order valence-corrected chi connectivity index (χ0v) is 7.64. The molecule has 10 heteroatoms. The Morgan fingerprint density at radius 3 is 1.20 bits per heavy atom. The van der Waals surface area contributed by atoms with Gasteiger partial charge in [-0.3, -0.25) is 0 Å². The first-order valence-electron chi connectivity index (χ1n) is 1.10. The predicted molar refractivity (Wildman–Crippen MR) is 19.7 cm³/mol. The van der Waals surface area contributed by atoms with Crippen molar-refractivity contribution in [1.82, 2.24) is 0 Å². The quantitative estimate of drug-likeness (QED) is 0.194. The smallest absolute Gasteiger partial charge is 0.822 e. The second kappa shape index (κ2) is 12.9. The molecule has 0 amide bonds. The second-order valence-corrected chi connectivity index (χ2v) is 1.42. The molecule has 0 saturated heterocycles. The molecule has 2 N–H and O–H groups in total. The summed E-state index contributed by atoms with van der Waals surface area (Å²) in [5.74, 6) is 0. The average molecular weight is 233 g/mol. The van der Waals surface area contributed by atoms with Gasteiger partial charge in [0.25, 0.3) is 0 Å². The van der Waals surface area contributed by atoms with Crippen LogP contribution in [0.4, 0.5) is 0 Å². The molecule has 0 saturated carbocycles. The zero-order chi connectivity index (χ0) is 7.21. The van der Waals surface area contributed by atoms with Gasteiger partial charge < -0.3 is 19.2 Å². The van der Waals surface area contributed by atoms with Crippen molar-refractivity contribution in [1.29, 1.82) is 0 Å². The number of hydrogen-bond acceptors (Lipinski definition) is 7. The molecule has 0 aromatic heterocycles. The van der Waals surface area contributed by atoms with E-state index in [4.69, 9.17) is 29.8 Å². The maximum atomic E-state index is 8.55. The first-order valence-corrected chi connectivity index (χ1v) is 2.56. The number of phosphoric acid groups is 1. The molecule has 0 aromatic rings. The molecule has 10 heavy (non-hydrogen) atoms. The van der Waals surface area contributed by atoms with E-state index in [9.17, 15) is 0 Å². The van der Waals surface area contributed by atoms with Gasteiger partial charge in [0.05, 0.1) is 0 Å². The molecule has 0 unspecified atom stereocenters. The summed E-state index contributed by atoms with van der Waals surface area (Å²) in [5.41, 5.74) is 0. The van der Waals surface area contributed by atoms with Crippen molar-refractivity contribution >= 4 is 30.9 Å². The SMILES string of the molecule is O=P([O-])([O-])[O-].OOO.[Cu+2].[Mg+2]. The largest absolute Gasteiger partial charge is 2.00 e. The number of rotatable bonds is 0. The van der Waals surface area contributed by atoms with Crippen LogP contribution in [-0.2, 0) is 26.7 Å². The Bertz CT molecular complexity index is 69.4. The van der Waals surface area contributed by atoms with Crippen LogP contribution in [0.5, 0.6) is 0 Å². The Morgan fingerprint density at radius 1 is 1.20 bits per heavy atom. The van der Waals surface area contributed by atoms with E-state index in [1.807, 2.05) is 0 Å². The molecule has 0 aliphatic heterocycles. The summed E-state index contributed by atoms with van der Waals surface area (Å²) >= 11 is 0. The predicted octanol–water partition coefficient (Wildman–Crippen LogP) is -3.26. The van der Waals surface area contributed by atoms with Crippen LogP contribution in [0.2, 0.25) is 0 Å². The van der Waals surface area contributed by atoms with E-state index >= 15 is 0 Å². The Kier molecular flexibility index (Phi) is 29.0. The molecule has 0 atom stereocenters. The van der Waals surface area contributed by atoms with Gasteiger partial charge in [-0.05, 0) is 0 Å². The number of hydrogen-bond donors (Lipinski definition) is 2. The standard InChI is InChI=1S/Cu.Mg.H3O4P.H2O3/c;;1-5(2,3)4;1-3-2/h;;(H3,1,2,3,4);1-2H/q2*+2;;/p-3. The van der Waals surface area contributed by atoms with Gasteiger partial charge in [-0.1, -0.05) is 5.04 Å². The minimum Gasteiger partial charge on any atom is -0.822 e. The van der Waals surface area contributed by atoms with Gasteiger partial charge in [0, 0.05) is 0 Å². The van der Waals surface area contributed by atoms with E-state index in [0.29, 0.717) is 0 Å². The molecule has 0 aliphatic rings. The van der Waals surface area contributed by atoms with Crippen LogP contribution in [0.15, 0.2) is 0 Å². The third-order valence-corrected chi connectivity index (χ3v) is 0. The van der Waals surface area contributed by atoms with Gasteiger partial charge in [0.15, 0.2) is 0 Å². The monoisotopic (exact) mass is 232 g/mol. The van der Waals surface area contributed by atoms with Gasteiger partial charge in [0.1, 0.15) is 0 Å². The summed E-state index contributed by atoms with van der Waals surface area (Å²) in [6.45, 7) is 0. The minimum absolute atomic E-state index is 0. The summed E-state index contributed by atoms with van der Waals surface area (Å²) in [5, 5.41) is 15.5. The van der Waals surface area contributed by atoms with Crippen LogP contribution in [0.3, 0.4) is 0 Å². The molecule has 0 rings (SSSR count). The van der Waals surface area contributed by atoms with Crippen molar-refractivity contribution in [3.63, 3.8) is 0 Å². The Balaban J connectivity index is -0.0000000326. The van der Waals surface area contributed by atoms with E-state index in [2.05, 4.69) is 5.04 Å². The normalized spacial score (nSPS) is 7.70. The maximum absolute atomic E-state index is 8.55. The minimum atomic E-state index is -5.39. The average Bonchev–Trinajstić information content (AvgIpc) is 1.27. The molecular formula is H2CuMgO7P+. The molecule has 0 spiro atoms. The zero-order valence-electron chi connectivity index (χ0n) is 4.39. The van der Waals surface area contributed by atoms with E-state index in [0.717, 1.165) is 0 Å². The molecule has 0 bridgehead atoms. The van der Waals surface area contributed by atoms with Crippen molar-refractivity contribution in [2.24, 2.45) is 0 Å². The molecule has 1 radical (unpaired) electrons. The molecule has 0 fully saturated rings. The van der Waals surface area contributed by atoms with Crippen LogP contribution in [0.25, 0.3) is 0 Å². The van der Waals surface area contributed by atoms with Crippen molar-refractivity contribution in [3.8, 4) is 0 Å². The third kappa shape index (κ3) is 390. The van der Waals surface area contributed by atoms with E-state index in [-0.39, 0.29) is 40.1 Å². The van der Waals surface area contributed by atoms with Crippen molar-refractivity contribution < 1.29 is 51.9 Å². The molecule has 0 aromatic carbocycles.